The second-order valence-corrected chi connectivity index (χ2v) is 6.58. The zero-order valence-corrected chi connectivity index (χ0v) is 15.5. The summed E-state index contributed by atoms with van der Waals surface area (Å²) in [5, 5.41) is 12.9. The number of imide groups is 1. The second kappa shape index (κ2) is 8.54. The fourth-order valence-corrected chi connectivity index (χ4v) is 3.27. The number of nitrogens with two attached hydrogens (primary N) is 1. The lowest BCUT2D eigenvalue weighted by molar-refractivity contribution is -0.117. The highest BCUT2D eigenvalue weighted by molar-refractivity contribution is 7.99. The van der Waals surface area contributed by atoms with Crippen LogP contribution in [0.1, 0.15) is 18.3 Å². The monoisotopic (exact) mass is 385 g/mol. The van der Waals surface area contributed by atoms with E-state index in [-0.39, 0.29) is 12.4 Å². The highest BCUT2D eigenvalue weighted by Gasteiger charge is 2.15. The summed E-state index contributed by atoms with van der Waals surface area (Å²) < 4.78 is 6.02. The maximum absolute atomic E-state index is 11.7. The summed E-state index contributed by atoms with van der Waals surface area (Å²) in [6.45, 7) is 1.86. The minimum atomic E-state index is -0.769. The number of rotatable bonds is 6. The zero-order valence-electron chi connectivity index (χ0n) is 14.7. The van der Waals surface area contributed by atoms with Crippen LogP contribution in [-0.2, 0) is 16.0 Å². The van der Waals surface area contributed by atoms with Gasteiger partial charge in [0.25, 0.3) is 0 Å². The molecule has 1 aromatic heterocycles. The van der Waals surface area contributed by atoms with E-state index in [1.165, 1.54) is 4.68 Å². The quantitative estimate of drug-likeness (QED) is 0.493. The van der Waals surface area contributed by atoms with Crippen LogP contribution in [0.2, 0.25) is 0 Å². The third kappa shape index (κ3) is 4.56. The number of carbonyl (C=O) groups excluding carboxylic acids is 2. The number of thioether (sulfide) groups is 1. The third-order valence-corrected chi connectivity index (χ3v) is 4.76. The van der Waals surface area contributed by atoms with Crippen molar-refractivity contribution in [1.82, 2.24) is 20.2 Å². The minimum Gasteiger partial charge on any atom is -0.450 e. The van der Waals surface area contributed by atoms with Gasteiger partial charge in [-0.05, 0) is 23.3 Å². The van der Waals surface area contributed by atoms with Crippen molar-refractivity contribution in [3.8, 4) is 0 Å². The molecule has 3 rings (SSSR count). The van der Waals surface area contributed by atoms with Gasteiger partial charge in [0.15, 0.2) is 5.82 Å². The van der Waals surface area contributed by atoms with E-state index in [9.17, 15) is 9.59 Å². The van der Waals surface area contributed by atoms with Gasteiger partial charge < -0.3 is 10.6 Å². The van der Waals surface area contributed by atoms with Crippen LogP contribution in [0.3, 0.4) is 0 Å². The molecule has 0 bridgehead atoms. The van der Waals surface area contributed by atoms with Crippen LogP contribution in [0.5, 0.6) is 0 Å². The van der Waals surface area contributed by atoms with E-state index in [4.69, 9.17) is 5.84 Å². The summed E-state index contributed by atoms with van der Waals surface area (Å²) in [6.07, 6.45) is -0.255. The molecule has 1 heterocycles. The number of hydrogen-bond acceptors (Lipinski definition) is 7. The number of benzene rings is 2. The molecule has 0 saturated heterocycles. The Morgan fingerprint density at radius 3 is 2.78 bits per heavy atom. The molecule has 27 heavy (non-hydrogen) atoms. The Bertz CT molecular complexity index is 967. The fraction of sp³-hybridized carbons (Fsp3) is 0.222. The van der Waals surface area contributed by atoms with Crippen LogP contribution >= 0.6 is 11.8 Å². The maximum Gasteiger partial charge on any atom is 0.413 e. The van der Waals surface area contributed by atoms with E-state index in [0.717, 1.165) is 28.1 Å². The number of nitrogen functional groups attached to an aromatic ring is 1. The van der Waals surface area contributed by atoms with Gasteiger partial charge in [0.2, 0.25) is 11.1 Å². The molecule has 0 fully saturated rings. The highest BCUT2D eigenvalue weighted by atomic mass is 32.2. The summed E-state index contributed by atoms with van der Waals surface area (Å²) >= 11 is 1.09. The predicted molar refractivity (Wildman–Crippen MR) is 103 cm³/mol. The minimum absolute atomic E-state index is 0.0254. The van der Waals surface area contributed by atoms with Gasteiger partial charge in [0.05, 0.1) is 12.4 Å². The summed E-state index contributed by atoms with van der Waals surface area (Å²) in [6, 6.07) is 14.2. The lowest BCUT2D eigenvalue weighted by Crippen LogP contribution is -2.32. The van der Waals surface area contributed by atoms with E-state index in [1.54, 1.807) is 6.92 Å². The lowest BCUT2D eigenvalue weighted by atomic mass is 10.0. The number of aromatic nitrogens is 3. The molecule has 0 spiro atoms. The number of hydrogen-bond donors (Lipinski definition) is 2. The molecular weight excluding hydrogens is 366 g/mol. The number of nitrogens with one attached hydrogen (secondary N) is 1. The van der Waals surface area contributed by atoms with Crippen molar-refractivity contribution in [3.63, 3.8) is 0 Å². The summed E-state index contributed by atoms with van der Waals surface area (Å²) in [5.74, 6) is 6.15. The van der Waals surface area contributed by atoms with Gasteiger partial charge in [0.1, 0.15) is 0 Å². The van der Waals surface area contributed by atoms with E-state index < -0.39 is 12.0 Å². The number of nitrogens with zero attached hydrogens (tertiary/aromatic N) is 3. The van der Waals surface area contributed by atoms with E-state index >= 15 is 0 Å². The van der Waals surface area contributed by atoms with Crippen molar-refractivity contribution in [3.05, 3.63) is 53.9 Å². The standard InChI is InChI=1S/C18H19N5O3S/c1-2-26-18(25)20-16(24)11-27-17-22-21-15(23(17)19)10-13-8-5-7-12-6-3-4-9-14(12)13/h3-9H,2,10-11,19H2,1H3,(H,20,24,25). The molecule has 8 nitrogen and oxygen atoms in total. The number of carbonyl (C=O) groups is 2. The first-order chi connectivity index (χ1) is 13.1. The van der Waals surface area contributed by atoms with Gasteiger partial charge in [-0.1, -0.05) is 54.2 Å². The Labute approximate surface area is 160 Å². The fourth-order valence-electron chi connectivity index (χ4n) is 2.59. The average molecular weight is 385 g/mol. The molecule has 0 unspecified atom stereocenters. The van der Waals surface area contributed by atoms with Gasteiger partial charge >= 0.3 is 6.09 Å². The molecule has 0 aliphatic heterocycles. The molecular formula is C18H19N5O3S. The lowest BCUT2D eigenvalue weighted by Gasteiger charge is -2.07. The van der Waals surface area contributed by atoms with Crippen molar-refractivity contribution in [2.24, 2.45) is 0 Å². The Morgan fingerprint density at radius 2 is 1.96 bits per heavy atom. The van der Waals surface area contributed by atoms with Crippen LogP contribution in [0, 0.1) is 0 Å². The van der Waals surface area contributed by atoms with Gasteiger partial charge in [-0.25, -0.2) is 9.47 Å². The van der Waals surface area contributed by atoms with Crippen molar-refractivity contribution in [2.75, 3.05) is 18.2 Å². The Kier molecular flexibility index (Phi) is 5.92. The smallest absolute Gasteiger partial charge is 0.413 e. The van der Waals surface area contributed by atoms with Crippen LogP contribution in [0.25, 0.3) is 10.8 Å². The molecule has 3 N–H and O–H groups in total. The first-order valence-corrected chi connectivity index (χ1v) is 9.32. The predicted octanol–water partition coefficient (Wildman–Crippen LogP) is 2.10. The summed E-state index contributed by atoms with van der Waals surface area (Å²) in [7, 11) is 0. The van der Waals surface area contributed by atoms with Crippen LogP contribution in [-0.4, -0.2) is 39.2 Å². The van der Waals surface area contributed by atoms with Crippen LogP contribution in [0.4, 0.5) is 4.79 Å². The molecule has 0 radical (unpaired) electrons. The normalized spacial score (nSPS) is 10.7. The maximum atomic E-state index is 11.7. The van der Waals surface area contributed by atoms with Gasteiger partial charge in [0, 0.05) is 6.42 Å². The molecule has 0 aliphatic carbocycles. The molecule has 0 atom stereocenters. The molecule has 2 aromatic carbocycles. The number of fused-ring (bicyclic) bond motifs is 1. The topological polar surface area (TPSA) is 112 Å². The average Bonchev–Trinajstić information content (AvgIpc) is 3.00. The molecule has 9 heteroatoms. The van der Waals surface area contributed by atoms with E-state index in [0.29, 0.717) is 17.4 Å². The third-order valence-electron chi connectivity index (χ3n) is 3.81. The molecule has 3 aromatic rings. The SMILES string of the molecule is CCOC(=O)NC(=O)CSc1nnc(Cc2cccc3ccccc23)n1N. The van der Waals surface area contributed by atoms with Gasteiger partial charge in [-0.15, -0.1) is 10.2 Å². The molecule has 140 valence electrons. The van der Waals surface area contributed by atoms with Crippen molar-refractivity contribution in [2.45, 2.75) is 18.5 Å². The Morgan fingerprint density at radius 1 is 1.19 bits per heavy atom. The van der Waals surface area contributed by atoms with E-state index in [1.807, 2.05) is 24.3 Å². The van der Waals surface area contributed by atoms with Gasteiger partial charge in [-0.3, -0.25) is 10.1 Å². The summed E-state index contributed by atoms with van der Waals surface area (Å²) in [4.78, 5) is 23.0. The largest absolute Gasteiger partial charge is 0.450 e. The Hall–Kier alpha value is -3.07. The summed E-state index contributed by atoms with van der Waals surface area (Å²) in [5.41, 5.74) is 1.09. The molecule has 0 saturated carbocycles. The van der Waals surface area contributed by atoms with Crippen molar-refractivity contribution in [1.29, 1.82) is 0 Å². The van der Waals surface area contributed by atoms with Crippen molar-refractivity contribution >= 4 is 34.5 Å². The molecule has 2 amide bonds. The Balaban J connectivity index is 1.67. The van der Waals surface area contributed by atoms with E-state index in [2.05, 4.69) is 38.5 Å². The number of amides is 2. The second-order valence-electron chi connectivity index (χ2n) is 5.64. The first kappa shape index (κ1) is 18.7. The zero-order chi connectivity index (χ0) is 19.2. The first-order valence-electron chi connectivity index (χ1n) is 8.34. The van der Waals surface area contributed by atoms with Crippen LogP contribution < -0.4 is 11.2 Å². The number of alkyl carbamates (subject to hydrolysis) is 1. The highest BCUT2D eigenvalue weighted by Crippen LogP contribution is 2.22. The van der Waals surface area contributed by atoms with Crippen molar-refractivity contribution < 1.29 is 14.3 Å². The van der Waals surface area contributed by atoms with Crippen LogP contribution in [0.15, 0.2) is 47.6 Å². The van der Waals surface area contributed by atoms with Gasteiger partial charge in [-0.2, -0.15) is 0 Å². The number of ether oxygens (including phenoxy) is 1. The molecule has 0 aliphatic rings.